The van der Waals surface area contributed by atoms with E-state index >= 15 is 0 Å². The van der Waals surface area contributed by atoms with Gasteiger partial charge in [-0.1, -0.05) is 12.1 Å². The summed E-state index contributed by atoms with van der Waals surface area (Å²) in [6.07, 6.45) is 0. The van der Waals surface area contributed by atoms with Gasteiger partial charge in [-0.2, -0.15) is 0 Å². The molecule has 0 radical (unpaired) electrons. The van der Waals surface area contributed by atoms with Crippen LogP contribution in [0.25, 0.3) is 0 Å². The van der Waals surface area contributed by atoms with Crippen LogP contribution in [-0.2, 0) is 4.74 Å². The summed E-state index contributed by atoms with van der Waals surface area (Å²) < 4.78 is 4.90. The van der Waals surface area contributed by atoms with Gasteiger partial charge in [-0.25, -0.2) is 9.59 Å². The van der Waals surface area contributed by atoms with E-state index in [4.69, 9.17) is 9.84 Å². The summed E-state index contributed by atoms with van der Waals surface area (Å²) in [5.74, 6) is -1.06. The Morgan fingerprint density at radius 3 is 2.47 bits per heavy atom. The molecule has 6 heteroatoms. The van der Waals surface area contributed by atoms with E-state index in [-0.39, 0.29) is 11.6 Å². The number of likely N-dealkylation sites (N-methyl/N-ethyl adjacent to an activating group) is 1. The van der Waals surface area contributed by atoms with Crippen LogP contribution in [0.3, 0.4) is 0 Å². The van der Waals surface area contributed by atoms with Crippen molar-refractivity contribution in [2.75, 3.05) is 39.3 Å². The Kier molecular flexibility index (Phi) is 5.32. The quantitative estimate of drug-likeness (QED) is 0.877. The molecule has 0 aliphatic carbocycles. The minimum Gasteiger partial charge on any atom is -0.478 e. The summed E-state index contributed by atoms with van der Waals surface area (Å²) in [7, 11) is 4.75. The minimum absolute atomic E-state index is 0.0958. The number of carbonyl (C=O) groups excluding carboxylic acids is 1. The number of nitrogens with zero attached hydrogens (tertiary/aromatic N) is 2. The van der Waals surface area contributed by atoms with E-state index in [1.807, 2.05) is 0 Å². The molecule has 104 valence electrons. The fourth-order valence-electron chi connectivity index (χ4n) is 1.63. The van der Waals surface area contributed by atoms with Gasteiger partial charge in [0.2, 0.25) is 0 Å². The van der Waals surface area contributed by atoms with Crippen molar-refractivity contribution in [3.8, 4) is 0 Å². The first-order valence-electron chi connectivity index (χ1n) is 5.79. The molecule has 0 aliphatic heterocycles. The number of hydrogen-bond donors (Lipinski definition) is 1. The Labute approximate surface area is 112 Å². The average molecular weight is 266 g/mol. The molecule has 0 heterocycles. The van der Waals surface area contributed by atoms with Gasteiger partial charge in [0.25, 0.3) is 0 Å². The maximum atomic E-state index is 12.1. The molecule has 2 amide bonds. The Morgan fingerprint density at radius 2 is 1.89 bits per heavy atom. The topological polar surface area (TPSA) is 70.1 Å². The lowest BCUT2D eigenvalue weighted by atomic mass is 10.1. The lowest BCUT2D eigenvalue weighted by molar-refractivity contribution is 0.0697. The minimum atomic E-state index is -1.06. The zero-order valence-corrected chi connectivity index (χ0v) is 11.3. The SMILES string of the molecule is COCCN(C)C(=O)N(C)c1ccccc1C(=O)O. The van der Waals surface area contributed by atoms with Crippen LogP contribution in [0.2, 0.25) is 0 Å². The highest BCUT2D eigenvalue weighted by Gasteiger charge is 2.20. The first-order chi connectivity index (χ1) is 8.99. The van der Waals surface area contributed by atoms with Gasteiger partial charge in [-0.05, 0) is 12.1 Å². The van der Waals surface area contributed by atoms with Crippen LogP contribution in [0.1, 0.15) is 10.4 Å². The van der Waals surface area contributed by atoms with Gasteiger partial charge < -0.3 is 14.7 Å². The zero-order valence-electron chi connectivity index (χ0n) is 11.3. The van der Waals surface area contributed by atoms with E-state index in [9.17, 15) is 9.59 Å². The lowest BCUT2D eigenvalue weighted by Gasteiger charge is -2.25. The van der Waals surface area contributed by atoms with Gasteiger partial charge >= 0.3 is 12.0 Å². The van der Waals surface area contributed by atoms with E-state index in [1.54, 1.807) is 39.4 Å². The number of ether oxygens (including phenoxy) is 1. The number of anilines is 1. The van der Waals surface area contributed by atoms with Crippen LogP contribution in [0.4, 0.5) is 10.5 Å². The van der Waals surface area contributed by atoms with Crippen LogP contribution in [0.15, 0.2) is 24.3 Å². The highest BCUT2D eigenvalue weighted by Crippen LogP contribution is 2.20. The van der Waals surface area contributed by atoms with Gasteiger partial charge in [-0.3, -0.25) is 4.90 Å². The van der Waals surface area contributed by atoms with E-state index in [1.165, 1.54) is 15.9 Å². The monoisotopic (exact) mass is 266 g/mol. The van der Waals surface area contributed by atoms with Gasteiger partial charge in [0.15, 0.2) is 0 Å². The number of methoxy groups -OCH3 is 1. The second kappa shape index (κ2) is 6.75. The van der Waals surface area contributed by atoms with Crippen LogP contribution >= 0.6 is 0 Å². The van der Waals surface area contributed by atoms with Crippen molar-refractivity contribution in [3.63, 3.8) is 0 Å². The standard InChI is InChI=1S/C13H18N2O4/c1-14(8-9-19-3)13(18)15(2)11-7-5-4-6-10(11)12(16)17/h4-7H,8-9H2,1-3H3,(H,16,17). The second-order valence-corrected chi connectivity index (χ2v) is 4.08. The third kappa shape index (κ3) is 3.69. The first-order valence-corrected chi connectivity index (χ1v) is 5.79. The van der Waals surface area contributed by atoms with Gasteiger partial charge in [-0.15, -0.1) is 0 Å². The van der Waals surface area contributed by atoms with Crippen molar-refractivity contribution >= 4 is 17.7 Å². The molecule has 0 saturated carbocycles. The van der Waals surface area contributed by atoms with Gasteiger partial charge in [0, 0.05) is 27.7 Å². The number of para-hydroxylation sites is 1. The molecule has 1 rings (SSSR count). The average Bonchev–Trinajstić information content (AvgIpc) is 2.42. The van der Waals surface area contributed by atoms with Crippen LogP contribution in [0.5, 0.6) is 0 Å². The fraction of sp³-hybridized carbons (Fsp3) is 0.385. The summed E-state index contributed by atoms with van der Waals surface area (Å²) >= 11 is 0. The summed E-state index contributed by atoms with van der Waals surface area (Å²) in [6.45, 7) is 0.867. The van der Waals surface area contributed by atoms with Crippen molar-refractivity contribution in [2.45, 2.75) is 0 Å². The molecule has 1 aromatic carbocycles. The molecule has 0 atom stereocenters. The summed E-state index contributed by atoms with van der Waals surface area (Å²) in [4.78, 5) is 26.0. The Balaban J connectivity index is 2.91. The lowest BCUT2D eigenvalue weighted by Crippen LogP contribution is -2.40. The Morgan fingerprint density at radius 1 is 1.26 bits per heavy atom. The number of rotatable bonds is 5. The maximum Gasteiger partial charge on any atom is 0.337 e. The molecule has 0 aliphatic rings. The molecule has 1 aromatic rings. The molecule has 0 fully saturated rings. The Hall–Kier alpha value is -2.08. The number of urea groups is 1. The molecule has 0 saturated heterocycles. The Bertz CT molecular complexity index is 462. The molecular weight excluding hydrogens is 248 g/mol. The highest BCUT2D eigenvalue weighted by atomic mass is 16.5. The van der Waals surface area contributed by atoms with Crippen LogP contribution in [-0.4, -0.2) is 56.4 Å². The summed E-state index contributed by atoms with van der Waals surface area (Å²) in [5, 5.41) is 9.10. The number of carbonyl (C=O) groups is 2. The van der Waals surface area contributed by atoms with E-state index in [0.29, 0.717) is 18.8 Å². The normalized spacial score (nSPS) is 10.1. The molecule has 0 unspecified atom stereocenters. The number of carboxylic acids is 1. The fourth-order valence-corrected chi connectivity index (χ4v) is 1.63. The molecule has 0 aromatic heterocycles. The third-order valence-corrected chi connectivity index (χ3v) is 2.74. The zero-order chi connectivity index (χ0) is 14.4. The van der Waals surface area contributed by atoms with Crippen molar-refractivity contribution in [1.29, 1.82) is 0 Å². The van der Waals surface area contributed by atoms with Crippen LogP contribution in [0, 0.1) is 0 Å². The van der Waals surface area contributed by atoms with E-state index < -0.39 is 5.97 Å². The number of hydrogen-bond acceptors (Lipinski definition) is 3. The largest absolute Gasteiger partial charge is 0.478 e. The predicted octanol–water partition coefficient (Wildman–Crippen LogP) is 1.52. The van der Waals surface area contributed by atoms with Crippen molar-refractivity contribution < 1.29 is 19.4 Å². The molecule has 19 heavy (non-hydrogen) atoms. The van der Waals surface area contributed by atoms with Crippen molar-refractivity contribution in [1.82, 2.24) is 4.90 Å². The third-order valence-electron chi connectivity index (χ3n) is 2.74. The first kappa shape index (κ1) is 15.0. The number of benzene rings is 1. The predicted molar refractivity (Wildman–Crippen MR) is 71.7 cm³/mol. The van der Waals surface area contributed by atoms with Crippen molar-refractivity contribution in [2.24, 2.45) is 0 Å². The number of amides is 2. The van der Waals surface area contributed by atoms with E-state index in [0.717, 1.165) is 0 Å². The van der Waals surface area contributed by atoms with Gasteiger partial charge in [0.1, 0.15) is 0 Å². The molecular formula is C13H18N2O4. The summed E-state index contributed by atoms with van der Waals surface area (Å²) in [6, 6.07) is 6.11. The summed E-state index contributed by atoms with van der Waals surface area (Å²) in [5.41, 5.74) is 0.461. The second-order valence-electron chi connectivity index (χ2n) is 4.08. The highest BCUT2D eigenvalue weighted by molar-refractivity contribution is 6.00. The number of carboxylic acid groups (broad SMARTS) is 1. The number of aromatic carboxylic acids is 1. The van der Waals surface area contributed by atoms with Crippen LogP contribution < -0.4 is 4.90 Å². The van der Waals surface area contributed by atoms with E-state index in [2.05, 4.69) is 0 Å². The smallest absolute Gasteiger partial charge is 0.337 e. The molecule has 1 N–H and O–H groups in total. The maximum absolute atomic E-state index is 12.1. The van der Waals surface area contributed by atoms with Crippen molar-refractivity contribution in [3.05, 3.63) is 29.8 Å². The van der Waals surface area contributed by atoms with Gasteiger partial charge in [0.05, 0.1) is 17.9 Å². The molecule has 0 bridgehead atoms. The molecule has 6 nitrogen and oxygen atoms in total. The molecule has 0 spiro atoms.